The molecule has 0 saturated carbocycles. The molecule has 0 aromatic carbocycles. The van der Waals surface area contributed by atoms with Crippen molar-refractivity contribution in [2.24, 2.45) is 0 Å². The highest BCUT2D eigenvalue weighted by atomic mass is 19.3. The first-order valence-corrected chi connectivity index (χ1v) is 11.6. The number of amides is 1. The van der Waals surface area contributed by atoms with Gasteiger partial charge in [-0.3, -0.25) is 14.2 Å². The smallest absolute Gasteiger partial charge is 0.289 e. The van der Waals surface area contributed by atoms with Gasteiger partial charge in [-0.05, 0) is 37.5 Å². The zero-order valence-corrected chi connectivity index (χ0v) is 19.1. The van der Waals surface area contributed by atoms with Crippen LogP contribution in [0.1, 0.15) is 61.1 Å². The van der Waals surface area contributed by atoms with E-state index < -0.39 is 18.8 Å². The van der Waals surface area contributed by atoms with Crippen molar-refractivity contribution in [1.82, 2.24) is 29.0 Å². The van der Waals surface area contributed by atoms with Gasteiger partial charge in [-0.1, -0.05) is 18.9 Å². The molecule has 1 aliphatic rings. The summed E-state index contributed by atoms with van der Waals surface area (Å²) in [5.74, 6) is -0.313. The van der Waals surface area contributed by atoms with Gasteiger partial charge in [-0.2, -0.15) is 5.10 Å². The summed E-state index contributed by atoms with van der Waals surface area (Å²) >= 11 is 0. The van der Waals surface area contributed by atoms with E-state index in [9.17, 15) is 23.1 Å². The minimum absolute atomic E-state index is 0.0441. The van der Waals surface area contributed by atoms with E-state index in [4.69, 9.17) is 0 Å². The Labute approximate surface area is 199 Å². The van der Waals surface area contributed by atoms with E-state index >= 15 is 0 Å². The third kappa shape index (κ3) is 4.24. The van der Waals surface area contributed by atoms with Crippen molar-refractivity contribution in [1.29, 1.82) is 0 Å². The van der Waals surface area contributed by atoms with E-state index in [-0.39, 0.29) is 22.8 Å². The van der Waals surface area contributed by atoms with Crippen molar-refractivity contribution in [3.8, 4) is 11.4 Å². The summed E-state index contributed by atoms with van der Waals surface area (Å²) in [6, 6.07) is 4.76. The predicted octanol–water partition coefficient (Wildman–Crippen LogP) is 4.55. The summed E-state index contributed by atoms with van der Waals surface area (Å²) in [5.41, 5.74) is 1.87. The number of nitrogens with zero attached hydrogens (tertiary/aromatic N) is 6. The second-order valence-electron chi connectivity index (χ2n) is 8.80. The summed E-state index contributed by atoms with van der Waals surface area (Å²) in [6.07, 6.45) is 1.63. The fourth-order valence-corrected chi connectivity index (χ4v) is 4.49. The Morgan fingerprint density at radius 2 is 1.80 bits per heavy atom. The normalized spacial score (nSPS) is 16.7. The first-order chi connectivity index (χ1) is 16.8. The van der Waals surface area contributed by atoms with E-state index in [1.165, 1.54) is 18.5 Å². The van der Waals surface area contributed by atoms with Gasteiger partial charge in [-0.15, -0.1) is 0 Å². The fraction of sp³-hybridized carbons (Fsp3) is 0.417. The average molecular weight is 486 g/mol. The van der Waals surface area contributed by atoms with Crippen LogP contribution in [0.25, 0.3) is 27.9 Å². The van der Waals surface area contributed by atoms with Crippen LogP contribution in [0.3, 0.4) is 0 Å². The lowest BCUT2D eigenvalue weighted by atomic mass is 10.1. The Morgan fingerprint density at radius 3 is 2.49 bits per heavy atom. The van der Waals surface area contributed by atoms with Crippen LogP contribution >= 0.6 is 0 Å². The Morgan fingerprint density at radius 1 is 1.06 bits per heavy atom. The van der Waals surface area contributed by atoms with Crippen molar-refractivity contribution in [2.75, 3.05) is 13.1 Å². The largest absolute Gasteiger partial charge is 0.389 e. The molecule has 0 radical (unpaired) electrons. The highest BCUT2D eigenvalue weighted by Gasteiger charge is 2.28. The van der Waals surface area contributed by atoms with Crippen LogP contribution < -0.4 is 0 Å². The number of aliphatic hydroxyl groups is 1. The van der Waals surface area contributed by atoms with Gasteiger partial charge in [-0.25, -0.2) is 22.8 Å². The molecule has 1 amide bonds. The van der Waals surface area contributed by atoms with Crippen molar-refractivity contribution in [2.45, 2.75) is 51.4 Å². The fourth-order valence-electron chi connectivity index (χ4n) is 4.49. The molecule has 1 fully saturated rings. The molecule has 35 heavy (non-hydrogen) atoms. The summed E-state index contributed by atoms with van der Waals surface area (Å²) in [7, 11) is 0. The molecule has 8 nitrogen and oxygen atoms in total. The SMILES string of the molecule is CC(O)c1ccc2ncc(-c3nn(C(F)C(F)F)c4cc(C(=O)N5CCCCCC5)ncc34)n2c1. The molecule has 1 aliphatic heterocycles. The molecule has 4 aromatic heterocycles. The van der Waals surface area contributed by atoms with Crippen LogP contribution in [0.4, 0.5) is 13.2 Å². The number of carbonyl (C=O) groups is 1. The molecule has 5 rings (SSSR count). The molecule has 1 saturated heterocycles. The molecule has 2 unspecified atom stereocenters. The summed E-state index contributed by atoms with van der Waals surface area (Å²) in [5, 5.41) is 14.5. The van der Waals surface area contributed by atoms with Crippen LogP contribution in [0.15, 0.2) is 36.8 Å². The van der Waals surface area contributed by atoms with Crippen molar-refractivity contribution in [3.63, 3.8) is 0 Å². The third-order valence-electron chi connectivity index (χ3n) is 6.40. The molecule has 5 heterocycles. The minimum atomic E-state index is -3.31. The number of alkyl halides is 3. The number of carbonyl (C=O) groups excluding carboxylic acids is 1. The number of hydrogen-bond donors (Lipinski definition) is 1. The Kier molecular flexibility index (Phi) is 6.18. The standard InChI is InChI=1S/C24H25F3N6O2/c1-14(34)15-6-7-20-29-12-19(32(20)13-15)21-16-11-28-17(24(35)31-8-4-2-3-5-9-31)10-18(16)33(30-21)23(27)22(25)26/h6-7,10-14,22-23,34H,2-5,8-9H2,1H3. The number of pyridine rings is 2. The summed E-state index contributed by atoms with van der Waals surface area (Å²) in [4.78, 5) is 23.4. The topological polar surface area (TPSA) is 88.5 Å². The maximum atomic E-state index is 14.6. The highest BCUT2D eigenvalue weighted by molar-refractivity contribution is 5.99. The van der Waals surface area contributed by atoms with E-state index in [1.54, 1.807) is 34.6 Å². The lowest BCUT2D eigenvalue weighted by molar-refractivity contribution is 0.00356. The molecule has 11 heteroatoms. The van der Waals surface area contributed by atoms with Gasteiger partial charge in [0.1, 0.15) is 17.0 Å². The van der Waals surface area contributed by atoms with Crippen molar-refractivity contribution >= 4 is 22.5 Å². The molecule has 1 N–H and O–H groups in total. The van der Waals surface area contributed by atoms with Gasteiger partial charge < -0.3 is 10.0 Å². The molecule has 0 aliphatic carbocycles. The first kappa shape index (κ1) is 23.3. The van der Waals surface area contributed by atoms with Gasteiger partial charge in [0.15, 0.2) is 0 Å². The second kappa shape index (κ2) is 9.29. The number of aliphatic hydroxyl groups excluding tert-OH is 1. The quantitative estimate of drug-likeness (QED) is 0.447. The lowest BCUT2D eigenvalue weighted by Gasteiger charge is -2.19. The van der Waals surface area contributed by atoms with E-state index in [2.05, 4.69) is 15.1 Å². The molecular weight excluding hydrogens is 461 g/mol. The zero-order chi connectivity index (χ0) is 24.7. The van der Waals surface area contributed by atoms with Gasteiger partial charge >= 0.3 is 0 Å². The van der Waals surface area contributed by atoms with E-state index in [1.807, 2.05) is 0 Å². The van der Waals surface area contributed by atoms with Crippen LogP contribution in [-0.4, -0.2) is 59.6 Å². The number of aromatic nitrogens is 5. The highest BCUT2D eigenvalue weighted by Crippen LogP contribution is 2.33. The van der Waals surface area contributed by atoms with Gasteiger partial charge in [0.25, 0.3) is 18.6 Å². The number of fused-ring (bicyclic) bond motifs is 2. The van der Waals surface area contributed by atoms with E-state index in [0.29, 0.717) is 40.1 Å². The minimum Gasteiger partial charge on any atom is -0.389 e. The van der Waals surface area contributed by atoms with Gasteiger partial charge in [0, 0.05) is 30.9 Å². The molecular formula is C24H25F3N6O2. The number of hydrogen-bond acceptors (Lipinski definition) is 5. The Balaban J connectivity index is 1.65. The third-order valence-corrected chi connectivity index (χ3v) is 6.40. The number of halogens is 3. The maximum Gasteiger partial charge on any atom is 0.289 e. The van der Waals surface area contributed by atoms with Gasteiger partial charge in [0.2, 0.25) is 0 Å². The molecule has 2 atom stereocenters. The van der Waals surface area contributed by atoms with Crippen LogP contribution in [-0.2, 0) is 0 Å². The molecule has 184 valence electrons. The van der Waals surface area contributed by atoms with Gasteiger partial charge in [0.05, 0.1) is 23.5 Å². The maximum absolute atomic E-state index is 14.6. The molecule has 0 bridgehead atoms. The molecule has 4 aromatic rings. The number of likely N-dealkylation sites (tertiary alicyclic amines) is 1. The number of imidazole rings is 1. The van der Waals surface area contributed by atoms with Crippen LogP contribution in [0.5, 0.6) is 0 Å². The predicted molar refractivity (Wildman–Crippen MR) is 123 cm³/mol. The van der Waals surface area contributed by atoms with Crippen molar-refractivity contribution in [3.05, 3.63) is 48.0 Å². The van der Waals surface area contributed by atoms with Crippen LogP contribution in [0, 0.1) is 0 Å². The second-order valence-corrected chi connectivity index (χ2v) is 8.80. The average Bonchev–Trinajstić information content (AvgIpc) is 3.32. The summed E-state index contributed by atoms with van der Waals surface area (Å²) < 4.78 is 43.7. The van der Waals surface area contributed by atoms with Crippen molar-refractivity contribution < 1.29 is 23.1 Å². The summed E-state index contributed by atoms with van der Waals surface area (Å²) in [6.45, 7) is 2.81. The Hall–Kier alpha value is -3.47. The number of rotatable bonds is 5. The van der Waals surface area contributed by atoms with Crippen LogP contribution in [0.2, 0.25) is 0 Å². The zero-order valence-electron chi connectivity index (χ0n) is 19.1. The first-order valence-electron chi connectivity index (χ1n) is 11.6. The monoisotopic (exact) mass is 486 g/mol. The lowest BCUT2D eigenvalue weighted by Crippen LogP contribution is -2.32. The molecule has 0 spiro atoms. The Bertz CT molecular complexity index is 1370. The van der Waals surface area contributed by atoms with E-state index in [0.717, 1.165) is 25.7 Å².